The van der Waals surface area contributed by atoms with Crippen molar-refractivity contribution in [3.8, 4) is 33.6 Å². The van der Waals surface area contributed by atoms with Gasteiger partial charge in [0.1, 0.15) is 11.9 Å². The van der Waals surface area contributed by atoms with Gasteiger partial charge in [0.05, 0.1) is 36.9 Å². The Balaban J connectivity index is 1.29. The molecule has 1 aliphatic rings. The molecule has 0 radical (unpaired) electrons. The number of likely N-dealkylation sites (tertiary alicyclic amines) is 1. The molecular weight excluding hydrogens is 494 g/mol. The first-order valence-electron chi connectivity index (χ1n) is 13.1. The second-order valence-corrected chi connectivity index (χ2v) is 10.1. The summed E-state index contributed by atoms with van der Waals surface area (Å²) in [7, 11) is 1.29. The Morgan fingerprint density at radius 1 is 0.949 bits per heavy atom. The average Bonchev–Trinajstić information content (AvgIpc) is 3.72. The Bertz CT molecular complexity index is 1440. The zero-order valence-electron chi connectivity index (χ0n) is 22.3. The number of hydrogen-bond acceptors (Lipinski definition) is 6. The number of nitrogens with zero attached hydrogens (tertiary/aromatic N) is 3. The molecule has 1 aliphatic heterocycles. The van der Waals surface area contributed by atoms with Crippen LogP contribution in [0.5, 0.6) is 0 Å². The molecule has 0 spiro atoms. The Morgan fingerprint density at radius 3 is 2.05 bits per heavy atom. The van der Waals surface area contributed by atoms with Gasteiger partial charge in [-0.05, 0) is 41.0 Å². The van der Waals surface area contributed by atoms with Gasteiger partial charge in [-0.1, -0.05) is 62.4 Å². The second kappa shape index (κ2) is 11.0. The van der Waals surface area contributed by atoms with E-state index in [0.717, 1.165) is 52.3 Å². The largest absolute Gasteiger partial charge is 0.453 e. The number of imidazole rings is 2. The van der Waals surface area contributed by atoms with Crippen LogP contribution < -0.4 is 11.1 Å². The number of nitrogens with one attached hydrogen (secondary N) is 3. The molecule has 0 bridgehead atoms. The lowest BCUT2D eigenvalue weighted by Crippen LogP contribution is -2.51. The third-order valence-corrected chi connectivity index (χ3v) is 7.16. The zero-order chi connectivity index (χ0) is 27.5. The van der Waals surface area contributed by atoms with Crippen LogP contribution in [0.25, 0.3) is 33.6 Å². The Hall–Kier alpha value is -4.60. The number of ether oxygens (including phenoxy) is 1. The van der Waals surface area contributed by atoms with Crippen LogP contribution in [0.15, 0.2) is 60.9 Å². The van der Waals surface area contributed by atoms with Crippen molar-refractivity contribution in [1.82, 2.24) is 30.2 Å². The lowest BCUT2D eigenvalue weighted by Gasteiger charge is -2.30. The minimum Gasteiger partial charge on any atom is -0.453 e. The van der Waals surface area contributed by atoms with Gasteiger partial charge in [-0.2, -0.15) is 0 Å². The van der Waals surface area contributed by atoms with Crippen molar-refractivity contribution in [3.05, 3.63) is 66.7 Å². The highest BCUT2D eigenvalue weighted by Crippen LogP contribution is 2.33. The number of anilines is 1. The quantitative estimate of drug-likeness (QED) is 0.273. The van der Waals surface area contributed by atoms with Crippen molar-refractivity contribution in [3.63, 3.8) is 0 Å². The SMILES string of the molecule is COC(=O)N[C@H](C(=O)N1CCC[C@H]1c1ncc(-c2ccc(-c3ccc(-c4cnc(N)[nH]4)cc3)cc2)[nH]1)C(C)C. The number of aromatic nitrogens is 4. The molecule has 202 valence electrons. The van der Waals surface area contributed by atoms with E-state index in [1.165, 1.54) is 7.11 Å². The van der Waals surface area contributed by atoms with Crippen molar-refractivity contribution in [1.29, 1.82) is 0 Å². The first-order valence-corrected chi connectivity index (χ1v) is 13.1. The molecule has 5 N–H and O–H groups in total. The standard InChI is InChI=1S/C29H33N7O3/c1-17(2)25(35-29(38)39-3)27(37)36-14-4-5-24(36)26-31-15-22(33-26)20-10-6-18(7-11-20)19-8-12-21(13-9-19)23-16-32-28(30)34-23/h6-13,15-17,24-25H,4-5,14H2,1-3H3,(H,31,33)(H,35,38)(H3,30,32,34)/t24-,25-/m0/s1. The summed E-state index contributed by atoms with van der Waals surface area (Å²) < 4.78 is 4.72. The van der Waals surface area contributed by atoms with Gasteiger partial charge in [-0.25, -0.2) is 14.8 Å². The number of hydrogen-bond donors (Lipinski definition) is 4. The Morgan fingerprint density at radius 2 is 1.51 bits per heavy atom. The normalized spacial score (nSPS) is 15.9. The molecule has 1 saturated heterocycles. The van der Waals surface area contributed by atoms with Crippen LogP contribution >= 0.6 is 0 Å². The lowest BCUT2D eigenvalue weighted by atomic mass is 10.0. The first-order chi connectivity index (χ1) is 18.8. The van der Waals surface area contributed by atoms with Gasteiger partial charge in [-0.3, -0.25) is 4.79 Å². The number of rotatable bonds is 7. The molecule has 2 atom stereocenters. The van der Waals surface area contributed by atoms with E-state index in [9.17, 15) is 9.59 Å². The minimum absolute atomic E-state index is 0.0796. The molecule has 3 heterocycles. The summed E-state index contributed by atoms with van der Waals surface area (Å²) in [4.78, 5) is 42.2. The van der Waals surface area contributed by atoms with Crippen LogP contribution in [0.1, 0.15) is 38.6 Å². The van der Waals surface area contributed by atoms with Gasteiger partial charge in [0, 0.05) is 6.54 Å². The number of H-pyrrole nitrogens is 2. The summed E-state index contributed by atoms with van der Waals surface area (Å²) >= 11 is 0. The molecular formula is C29H33N7O3. The van der Waals surface area contributed by atoms with Gasteiger partial charge >= 0.3 is 6.09 Å². The number of nitrogens with two attached hydrogens (primary N) is 1. The summed E-state index contributed by atoms with van der Waals surface area (Å²) in [5.41, 5.74) is 11.7. The highest BCUT2D eigenvalue weighted by atomic mass is 16.5. The van der Waals surface area contributed by atoms with Crippen LogP contribution in [0.2, 0.25) is 0 Å². The van der Waals surface area contributed by atoms with Gasteiger partial charge in [0.15, 0.2) is 5.95 Å². The van der Waals surface area contributed by atoms with Crippen molar-refractivity contribution < 1.29 is 14.3 Å². The highest BCUT2D eigenvalue weighted by molar-refractivity contribution is 5.86. The smallest absolute Gasteiger partial charge is 0.407 e. The maximum absolute atomic E-state index is 13.4. The topological polar surface area (TPSA) is 142 Å². The number of amides is 2. The zero-order valence-corrected chi connectivity index (χ0v) is 22.3. The van der Waals surface area contributed by atoms with Crippen molar-refractivity contribution in [2.24, 2.45) is 5.92 Å². The van der Waals surface area contributed by atoms with Crippen molar-refractivity contribution in [2.45, 2.75) is 38.8 Å². The molecule has 0 saturated carbocycles. The van der Waals surface area contributed by atoms with Gasteiger partial charge in [0.25, 0.3) is 0 Å². The van der Waals surface area contributed by atoms with E-state index in [1.54, 1.807) is 6.20 Å². The molecule has 39 heavy (non-hydrogen) atoms. The Labute approximate surface area is 227 Å². The van der Waals surface area contributed by atoms with Gasteiger partial charge < -0.3 is 30.7 Å². The molecule has 10 heteroatoms. The summed E-state index contributed by atoms with van der Waals surface area (Å²) in [5.74, 6) is 0.941. The molecule has 0 unspecified atom stereocenters. The maximum Gasteiger partial charge on any atom is 0.407 e. The number of methoxy groups -OCH3 is 1. The predicted molar refractivity (Wildman–Crippen MR) is 149 cm³/mol. The highest BCUT2D eigenvalue weighted by Gasteiger charge is 2.37. The van der Waals surface area contributed by atoms with Crippen LogP contribution in [-0.4, -0.2) is 56.5 Å². The summed E-state index contributed by atoms with van der Waals surface area (Å²) in [6, 6.07) is 15.7. The van der Waals surface area contributed by atoms with Crippen LogP contribution in [0.4, 0.5) is 10.7 Å². The minimum atomic E-state index is -0.660. The van der Waals surface area contributed by atoms with Crippen molar-refractivity contribution in [2.75, 3.05) is 19.4 Å². The molecule has 1 fully saturated rings. The first kappa shape index (κ1) is 26.0. The molecule has 0 aliphatic carbocycles. The number of aromatic amines is 2. The van der Waals surface area contributed by atoms with Crippen LogP contribution in [0, 0.1) is 5.92 Å². The third kappa shape index (κ3) is 5.50. The number of carbonyl (C=O) groups is 2. The van der Waals surface area contributed by atoms with E-state index in [4.69, 9.17) is 10.5 Å². The number of nitrogen functional groups attached to an aromatic ring is 1. The van der Waals surface area contributed by atoms with Crippen LogP contribution in [0.3, 0.4) is 0 Å². The molecule has 10 nitrogen and oxygen atoms in total. The molecule has 2 aromatic carbocycles. The molecule has 2 amide bonds. The van der Waals surface area contributed by atoms with Crippen molar-refractivity contribution >= 4 is 17.9 Å². The fourth-order valence-corrected chi connectivity index (χ4v) is 5.01. The summed E-state index contributed by atoms with van der Waals surface area (Å²) in [6.07, 6.45) is 4.60. The van der Waals surface area contributed by atoms with E-state index in [2.05, 4.69) is 61.7 Å². The second-order valence-electron chi connectivity index (χ2n) is 10.1. The van der Waals surface area contributed by atoms with E-state index < -0.39 is 12.1 Å². The Kier molecular flexibility index (Phi) is 7.36. The third-order valence-electron chi connectivity index (χ3n) is 7.16. The maximum atomic E-state index is 13.4. The average molecular weight is 528 g/mol. The van der Waals surface area contributed by atoms with E-state index >= 15 is 0 Å². The molecule has 4 aromatic rings. The van der Waals surface area contributed by atoms with Gasteiger partial charge in [-0.15, -0.1) is 0 Å². The monoisotopic (exact) mass is 527 g/mol. The number of alkyl carbamates (subject to hydrolysis) is 1. The number of carbonyl (C=O) groups excluding carboxylic acids is 2. The number of benzene rings is 2. The summed E-state index contributed by atoms with van der Waals surface area (Å²) in [5, 5.41) is 2.68. The van der Waals surface area contributed by atoms with Crippen LogP contribution in [-0.2, 0) is 9.53 Å². The van der Waals surface area contributed by atoms with E-state index in [1.807, 2.05) is 37.1 Å². The van der Waals surface area contributed by atoms with E-state index in [-0.39, 0.29) is 17.9 Å². The summed E-state index contributed by atoms with van der Waals surface area (Å²) in [6.45, 7) is 4.43. The predicted octanol–water partition coefficient (Wildman–Crippen LogP) is 4.76. The molecule has 5 rings (SSSR count). The lowest BCUT2D eigenvalue weighted by molar-refractivity contribution is -0.135. The van der Waals surface area contributed by atoms with Gasteiger partial charge in [0.2, 0.25) is 5.91 Å². The fraction of sp³-hybridized carbons (Fsp3) is 0.310. The molecule has 2 aromatic heterocycles. The fourth-order valence-electron chi connectivity index (χ4n) is 5.01. The van der Waals surface area contributed by atoms with E-state index in [0.29, 0.717) is 12.5 Å².